The number of nitriles is 1. The second-order valence-electron chi connectivity index (χ2n) is 4.65. The van der Waals surface area contributed by atoms with Crippen molar-refractivity contribution in [3.63, 3.8) is 0 Å². The van der Waals surface area contributed by atoms with Crippen molar-refractivity contribution in [3.05, 3.63) is 12.3 Å². The Morgan fingerprint density at radius 2 is 2.06 bits per heavy atom. The lowest BCUT2D eigenvalue weighted by Crippen LogP contribution is -2.35. The number of carbonyl (C=O) groups is 1. The number of ketones is 1. The number of rotatable bonds is 6. The summed E-state index contributed by atoms with van der Waals surface area (Å²) in [4.78, 5) is 11.2. The maximum absolute atomic E-state index is 11.2. The number of methoxy groups -OCH3 is 1. The number of allylic oxidation sites excluding steroid dienone is 1. The quantitative estimate of drug-likeness (QED) is 0.650. The highest BCUT2D eigenvalue weighted by molar-refractivity contribution is 5.76. The Morgan fingerprint density at radius 1 is 1.56 bits per heavy atom. The van der Waals surface area contributed by atoms with E-state index in [0.29, 0.717) is 5.76 Å². The Hall–Kier alpha value is -1.30. The molecule has 0 spiro atoms. The molecule has 3 nitrogen and oxygen atoms in total. The highest BCUT2D eigenvalue weighted by atomic mass is 16.5. The van der Waals surface area contributed by atoms with E-state index in [1.807, 2.05) is 20.8 Å². The molecular weight excluding hydrogens is 202 g/mol. The zero-order valence-electron chi connectivity index (χ0n) is 10.8. The molecule has 2 unspecified atom stereocenters. The number of hydrogen-bond acceptors (Lipinski definition) is 3. The SMILES string of the molecule is C=C(OC)C(C)(C(C)C)C(C#N)CC(C)=O. The van der Waals surface area contributed by atoms with Gasteiger partial charge in [-0.3, -0.25) is 4.79 Å². The van der Waals surface area contributed by atoms with Gasteiger partial charge in [0, 0.05) is 11.8 Å². The van der Waals surface area contributed by atoms with Gasteiger partial charge in [0.25, 0.3) is 0 Å². The monoisotopic (exact) mass is 223 g/mol. The number of nitrogens with zero attached hydrogens (tertiary/aromatic N) is 1. The molecule has 0 aromatic heterocycles. The van der Waals surface area contributed by atoms with Crippen LogP contribution in [0.4, 0.5) is 0 Å². The summed E-state index contributed by atoms with van der Waals surface area (Å²) < 4.78 is 5.18. The van der Waals surface area contributed by atoms with Gasteiger partial charge in [-0.1, -0.05) is 27.4 Å². The first-order valence-corrected chi connectivity index (χ1v) is 5.43. The Labute approximate surface area is 98.1 Å². The first-order valence-electron chi connectivity index (χ1n) is 5.43. The zero-order chi connectivity index (χ0) is 12.9. The van der Waals surface area contributed by atoms with Gasteiger partial charge in [0.2, 0.25) is 0 Å². The summed E-state index contributed by atoms with van der Waals surface area (Å²) >= 11 is 0. The van der Waals surface area contributed by atoms with Crippen LogP contribution in [0.25, 0.3) is 0 Å². The largest absolute Gasteiger partial charge is 0.501 e. The van der Waals surface area contributed by atoms with Crippen molar-refractivity contribution >= 4 is 5.78 Å². The molecule has 0 bridgehead atoms. The van der Waals surface area contributed by atoms with Gasteiger partial charge in [0.15, 0.2) is 0 Å². The number of hydrogen-bond donors (Lipinski definition) is 0. The lowest BCUT2D eigenvalue weighted by molar-refractivity contribution is -0.118. The molecule has 0 saturated carbocycles. The summed E-state index contributed by atoms with van der Waals surface area (Å²) in [6.45, 7) is 11.3. The average molecular weight is 223 g/mol. The van der Waals surface area contributed by atoms with Crippen LogP contribution in [0.5, 0.6) is 0 Å². The maximum atomic E-state index is 11.2. The van der Waals surface area contributed by atoms with Crippen molar-refractivity contribution in [1.29, 1.82) is 5.26 Å². The van der Waals surface area contributed by atoms with E-state index in [4.69, 9.17) is 4.74 Å². The summed E-state index contributed by atoms with van der Waals surface area (Å²) in [6, 6.07) is 2.21. The fourth-order valence-corrected chi connectivity index (χ4v) is 1.82. The van der Waals surface area contributed by atoms with Crippen molar-refractivity contribution in [2.24, 2.45) is 17.3 Å². The minimum absolute atomic E-state index is 0.0160. The summed E-state index contributed by atoms with van der Waals surface area (Å²) in [5.74, 6) is 0.374. The minimum atomic E-state index is -0.491. The normalized spacial score (nSPS) is 16.1. The van der Waals surface area contributed by atoms with Gasteiger partial charge in [0.05, 0.1) is 24.9 Å². The second-order valence-corrected chi connectivity index (χ2v) is 4.65. The molecule has 0 amide bonds. The van der Waals surface area contributed by atoms with Crippen LogP contribution in [-0.4, -0.2) is 12.9 Å². The average Bonchev–Trinajstić information content (AvgIpc) is 2.22. The van der Waals surface area contributed by atoms with E-state index < -0.39 is 11.3 Å². The van der Waals surface area contributed by atoms with Gasteiger partial charge < -0.3 is 4.74 Å². The molecule has 0 aromatic carbocycles. The Morgan fingerprint density at radius 3 is 2.31 bits per heavy atom. The van der Waals surface area contributed by atoms with E-state index in [9.17, 15) is 10.1 Å². The molecule has 0 heterocycles. The smallest absolute Gasteiger partial charge is 0.131 e. The predicted molar refractivity (Wildman–Crippen MR) is 63.5 cm³/mol. The lowest BCUT2D eigenvalue weighted by atomic mass is 9.67. The zero-order valence-corrected chi connectivity index (χ0v) is 10.8. The van der Waals surface area contributed by atoms with E-state index >= 15 is 0 Å². The second kappa shape index (κ2) is 5.69. The van der Waals surface area contributed by atoms with Crippen molar-refractivity contribution in [1.82, 2.24) is 0 Å². The van der Waals surface area contributed by atoms with E-state index in [1.165, 1.54) is 6.92 Å². The molecule has 0 fully saturated rings. The van der Waals surface area contributed by atoms with Crippen LogP contribution in [0.3, 0.4) is 0 Å². The van der Waals surface area contributed by atoms with E-state index in [0.717, 1.165) is 0 Å². The van der Waals surface area contributed by atoms with E-state index in [1.54, 1.807) is 7.11 Å². The first-order chi connectivity index (χ1) is 7.30. The van der Waals surface area contributed by atoms with Crippen LogP contribution in [-0.2, 0) is 9.53 Å². The summed E-state index contributed by atoms with van der Waals surface area (Å²) in [7, 11) is 1.55. The topological polar surface area (TPSA) is 50.1 Å². The van der Waals surface area contributed by atoms with Crippen molar-refractivity contribution in [3.8, 4) is 6.07 Å². The van der Waals surface area contributed by atoms with Crippen LogP contribution in [0.1, 0.15) is 34.1 Å². The molecule has 0 aliphatic heterocycles. The predicted octanol–water partition coefficient (Wildman–Crippen LogP) is 2.93. The molecule has 0 aliphatic rings. The minimum Gasteiger partial charge on any atom is -0.501 e. The molecule has 3 heteroatoms. The fraction of sp³-hybridized carbons (Fsp3) is 0.692. The molecule has 0 rings (SSSR count). The van der Waals surface area contributed by atoms with Gasteiger partial charge >= 0.3 is 0 Å². The third-order valence-corrected chi connectivity index (χ3v) is 3.42. The third-order valence-electron chi connectivity index (χ3n) is 3.42. The molecule has 0 aliphatic carbocycles. The molecule has 0 saturated heterocycles. The highest BCUT2D eigenvalue weighted by Gasteiger charge is 2.41. The fourth-order valence-electron chi connectivity index (χ4n) is 1.82. The van der Waals surface area contributed by atoms with Gasteiger partial charge in [-0.2, -0.15) is 5.26 Å². The van der Waals surface area contributed by atoms with Gasteiger partial charge in [0.1, 0.15) is 5.78 Å². The lowest BCUT2D eigenvalue weighted by Gasteiger charge is -2.38. The molecule has 0 N–H and O–H groups in total. The van der Waals surface area contributed by atoms with Crippen LogP contribution in [0.2, 0.25) is 0 Å². The van der Waals surface area contributed by atoms with Crippen LogP contribution in [0, 0.1) is 28.6 Å². The van der Waals surface area contributed by atoms with E-state index in [2.05, 4.69) is 12.6 Å². The molecule has 2 atom stereocenters. The van der Waals surface area contributed by atoms with E-state index in [-0.39, 0.29) is 18.1 Å². The molecular formula is C13H21NO2. The van der Waals surface area contributed by atoms with Crippen LogP contribution < -0.4 is 0 Å². The molecule has 90 valence electrons. The number of Topliss-reactive ketones (excluding diaryl/α,β-unsaturated/α-hetero) is 1. The number of carbonyl (C=O) groups excluding carboxylic acids is 1. The maximum Gasteiger partial charge on any atom is 0.131 e. The summed E-state index contributed by atoms with van der Waals surface area (Å²) in [5, 5.41) is 9.20. The van der Waals surface area contributed by atoms with Crippen LogP contribution >= 0.6 is 0 Å². The van der Waals surface area contributed by atoms with Gasteiger partial charge in [-0.15, -0.1) is 0 Å². The number of ether oxygens (including phenoxy) is 1. The van der Waals surface area contributed by atoms with Crippen LogP contribution in [0.15, 0.2) is 12.3 Å². The summed E-state index contributed by atoms with van der Waals surface area (Å²) in [6.07, 6.45) is 0.244. The van der Waals surface area contributed by atoms with Gasteiger partial charge in [-0.25, -0.2) is 0 Å². The van der Waals surface area contributed by atoms with Crippen molar-refractivity contribution in [2.45, 2.75) is 34.1 Å². The van der Waals surface area contributed by atoms with Crippen molar-refractivity contribution in [2.75, 3.05) is 7.11 Å². The van der Waals surface area contributed by atoms with Crippen molar-refractivity contribution < 1.29 is 9.53 Å². The Balaban J connectivity index is 5.24. The van der Waals surface area contributed by atoms with Gasteiger partial charge in [-0.05, 0) is 12.8 Å². The standard InChI is InChI=1S/C13H21NO2/c1-9(2)13(5,11(4)16-6)12(8-14)7-10(3)15/h9,12H,4,7H2,1-3,5-6H3. The first kappa shape index (κ1) is 14.7. The highest BCUT2D eigenvalue weighted by Crippen LogP contribution is 2.43. The summed E-state index contributed by atoms with van der Waals surface area (Å²) in [5.41, 5.74) is -0.491. The molecule has 16 heavy (non-hydrogen) atoms. The molecule has 0 aromatic rings. The Kier molecular flexibility index (Phi) is 5.23. The Bertz CT molecular complexity index is 314. The molecule has 0 radical (unpaired) electrons. The third kappa shape index (κ3) is 2.85.